The molecule has 2 N–H and O–H groups in total. The molecule has 2 unspecified atom stereocenters. The number of nitrogens with one attached hydrogen (secondary N) is 2. The zero-order chi connectivity index (χ0) is 14.5. The van der Waals surface area contributed by atoms with Crippen LogP contribution in [-0.2, 0) is 4.79 Å². The number of anilines is 1. The predicted octanol–water partition coefficient (Wildman–Crippen LogP) is 1.22. The van der Waals surface area contributed by atoms with Gasteiger partial charge in [0.25, 0.3) is 0 Å². The van der Waals surface area contributed by atoms with E-state index in [-0.39, 0.29) is 24.5 Å². The minimum Gasteiger partial charge on any atom is -0.304 e. The molecule has 0 saturated heterocycles. The van der Waals surface area contributed by atoms with Gasteiger partial charge < -0.3 is 5.32 Å². The lowest BCUT2D eigenvalue weighted by Crippen LogP contribution is -2.39. The maximum Gasteiger partial charge on any atom is 0.240 e. The van der Waals surface area contributed by atoms with Gasteiger partial charge in [0.1, 0.15) is 5.01 Å². The lowest BCUT2D eigenvalue weighted by atomic mass is 10.2. The molecule has 8 heteroatoms. The second kappa shape index (κ2) is 6.58. The van der Waals surface area contributed by atoms with Crippen LogP contribution < -0.4 is 10.6 Å². The van der Waals surface area contributed by atoms with Gasteiger partial charge in [0.15, 0.2) is 0 Å². The molecule has 0 fully saturated rings. The van der Waals surface area contributed by atoms with Gasteiger partial charge in [-0.1, -0.05) is 11.3 Å². The van der Waals surface area contributed by atoms with Gasteiger partial charge in [-0.3, -0.25) is 14.8 Å². The van der Waals surface area contributed by atoms with Crippen molar-refractivity contribution in [1.82, 2.24) is 25.3 Å². The van der Waals surface area contributed by atoms with E-state index < -0.39 is 0 Å². The van der Waals surface area contributed by atoms with Gasteiger partial charge >= 0.3 is 0 Å². The topological polar surface area (TPSA) is 84.7 Å². The van der Waals surface area contributed by atoms with Crippen LogP contribution in [0.2, 0.25) is 0 Å². The molecule has 108 valence electrons. The van der Waals surface area contributed by atoms with Crippen molar-refractivity contribution in [1.29, 1.82) is 0 Å². The van der Waals surface area contributed by atoms with Gasteiger partial charge in [-0.2, -0.15) is 5.10 Å². The van der Waals surface area contributed by atoms with Crippen molar-refractivity contribution in [2.24, 2.45) is 0 Å². The highest BCUT2D eigenvalue weighted by molar-refractivity contribution is 7.15. The molecule has 0 aromatic carbocycles. The Hall–Kier alpha value is -1.80. The standard InChI is InChI=1S/C12H18N6OS/c1-8(9(2)18-6-4-5-14-18)13-7-11(19)15-12-17-16-10(3)20-12/h4-6,8-9,13H,7H2,1-3H3,(H,15,17,19). The van der Waals surface area contributed by atoms with Crippen LogP contribution in [0, 0.1) is 6.92 Å². The molecule has 2 rings (SSSR count). The molecule has 2 atom stereocenters. The highest BCUT2D eigenvalue weighted by Crippen LogP contribution is 2.13. The third kappa shape index (κ3) is 3.84. The third-order valence-electron chi connectivity index (χ3n) is 3.02. The number of carbonyl (C=O) groups excluding carboxylic acids is 1. The molecule has 0 radical (unpaired) electrons. The number of nitrogens with zero attached hydrogens (tertiary/aromatic N) is 4. The average molecular weight is 294 g/mol. The quantitative estimate of drug-likeness (QED) is 0.837. The Morgan fingerprint density at radius 1 is 1.45 bits per heavy atom. The SMILES string of the molecule is Cc1nnc(NC(=O)CNC(C)C(C)n2cccn2)s1. The predicted molar refractivity (Wildman–Crippen MR) is 77.7 cm³/mol. The molecular formula is C12H18N6OS. The first kappa shape index (κ1) is 14.6. The fraction of sp³-hybridized carbons (Fsp3) is 0.500. The summed E-state index contributed by atoms with van der Waals surface area (Å²) in [5.41, 5.74) is 0. The fourth-order valence-electron chi connectivity index (χ4n) is 1.69. The first-order valence-electron chi connectivity index (χ1n) is 6.38. The Morgan fingerprint density at radius 3 is 2.85 bits per heavy atom. The van der Waals surface area contributed by atoms with Crippen LogP contribution >= 0.6 is 11.3 Å². The van der Waals surface area contributed by atoms with Gasteiger partial charge in [-0.25, -0.2) is 0 Å². The van der Waals surface area contributed by atoms with Crippen molar-refractivity contribution >= 4 is 22.4 Å². The smallest absolute Gasteiger partial charge is 0.240 e. The van der Waals surface area contributed by atoms with Gasteiger partial charge in [-0.15, -0.1) is 10.2 Å². The number of aryl methyl sites for hydroxylation is 1. The van der Waals surface area contributed by atoms with Crippen LogP contribution in [-0.4, -0.2) is 38.5 Å². The summed E-state index contributed by atoms with van der Waals surface area (Å²) in [6.07, 6.45) is 3.65. The molecule has 20 heavy (non-hydrogen) atoms. The highest BCUT2D eigenvalue weighted by Gasteiger charge is 2.15. The molecule has 1 amide bonds. The summed E-state index contributed by atoms with van der Waals surface area (Å²) in [5, 5.41) is 19.1. The van der Waals surface area contributed by atoms with Crippen molar-refractivity contribution < 1.29 is 4.79 Å². The summed E-state index contributed by atoms with van der Waals surface area (Å²) in [4.78, 5) is 11.8. The number of rotatable bonds is 6. The van der Waals surface area contributed by atoms with Gasteiger partial charge in [0.05, 0.1) is 12.6 Å². The van der Waals surface area contributed by atoms with E-state index in [0.717, 1.165) is 5.01 Å². The molecule has 0 bridgehead atoms. The molecule has 0 saturated carbocycles. The lowest BCUT2D eigenvalue weighted by Gasteiger charge is -2.21. The molecule has 0 spiro atoms. The molecular weight excluding hydrogens is 276 g/mol. The summed E-state index contributed by atoms with van der Waals surface area (Å²) in [6.45, 7) is 6.15. The maximum atomic E-state index is 11.8. The molecule has 7 nitrogen and oxygen atoms in total. The number of hydrogen-bond acceptors (Lipinski definition) is 6. The van der Waals surface area contributed by atoms with E-state index >= 15 is 0 Å². The summed E-state index contributed by atoms with van der Waals surface area (Å²) in [5.74, 6) is -0.124. The number of amides is 1. The number of hydrogen-bond donors (Lipinski definition) is 2. The van der Waals surface area contributed by atoms with Crippen LogP contribution in [0.4, 0.5) is 5.13 Å². The molecule has 2 heterocycles. The molecule has 2 aromatic rings. The molecule has 0 aliphatic rings. The second-order valence-corrected chi connectivity index (χ2v) is 5.75. The van der Waals surface area contributed by atoms with E-state index in [9.17, 15) is 4.79 Å². The molecule has 0 aliphatic carbocycles. The third-order valence-corrected chi connectivity index (χ3v) is 3.78. The number of aromatic nitrogens is 4. The maximum absolute atomic E-state index is 11.8. The van der Waals surface area contributed by atoms with Crippen LogP contribution in [0.5, 0.6) is 0 Å². The minimum atomic E-state index is -0.124. The largest absolute Gasteiger partial charge is 0.304 e. The zero-order valence-corrected chi connectivity index (χ0v) is 12.5. The minimum absolute atomic E-state index is 0.122. The summed E-state index contributed by atoms with van der Waals surface area (Å²) in [7, 11) is 0. The monoisotopic (exact) mass is 294 g/mol. The number of carbonyl (C=O) groups is 1. The molecule has 0 aliphatic heterocycles. The van der Waals surface area contributed by atoms with E-state index in [2.05, 4.69) is 32.9 Å². The summed E-state index contributed by atoms with van der Waals surface area (Å²) in [6, 6.07) is 2.17. The van der Waals surface area contributed by atoms with Crippen molar-refractivity contribution in [2.75, 3.05) is 11.9 Å². The average Bonchev–Trinajstić information content (AvgIpc) is 3.07. The fourth-order valence-corrected chi connectivity index (χ4v) is 2.29. The van der Waals surface area contributed by atoms with Gasteiger partial charge in [0.2, 0.25) is 11.0 Å². The Labute approximate surface area is 121 Å². The first-order chi connectivity index (χ1) is 9.56. The van der Waals surface area contributed by atoms with Crippen LogP contribution in [0.15, 0.2) is 18.5 Å². The lowest BCUT2D eigenvalue weighted by molar-refractivity contribution is -0.115. The van der Waals surface area contributed by atoms with Crippen molar-refractivity contribution in [2.45, 2.75) is 32.9 Å². The van der Waals surface area contributed by atoms with Crippen LogP contribution in [0.25, 0.3) is 0 Å². The van der Waals surface area contributed by atoms with Crippen LogP contribution in [0.1, 0.15) is 24.9 Å². The van der Waals surface area contributed by atoms with Gasteiger partial charge in [0, 0.05) is 18.4 Å². The molecule has 2 aromatic heterocycles. The second-order valence-electron chi connectivity index (χ2n) is 4.57. The summed E-state index contributed by atoms with van der Waals surface area (Å²) >= 11 is 1.36. The van der Waals surface area contributed by atoms with Gasteiger partial charge in [-0.05, 0) is 26.8 Å². The highest BCUT2D eigenvalue weighted by atomic mass is 32.1. The van der Waals surface area contributed by atoms with E-state index in [1.807, 2.05) is 30.8 Å². The Kier molecular flexibility index (Phi) is 4.80. The Balaban J connectivity index is 1.78. The van der Waals surface area contributed by atoms with Crippen molar-refractivity contribution in [3.8, 4) is 0 Å². The zero-order valence-electron chi connectivity index (χ0n) is 11.7. The normalized spacial score (nSPS) is 13.9. The first-order valence-corrected chi connectivity index (χ1v) is 7.20. The van der Waals surface area contributed by atoms with E-state index in [1.54, 1.807) is 6.20 Å². The van der Waals surface area contributed by atoms with Crippen molar-refractivity contribution in [3.05, 3.63) is 23.5 Å². The van der Waals surface area contributed by atoms with Crippen molar-refractivity contribution in [3.63, 3.8) is 0 Å². The van der Waals surface area contributed by atoms with E-state index in [4.69, 9.17) is 0 Å². The van der Waals surface area contributed by atoms with E-state index in [1.165, 1.54) is 11.3 Å². The van der Waals surface area contributed by atoms with E-state index in [0.29, 0.717) is 5.13 Å². The Morgan fingerprint density at radius 2 is 2.25 bits per heavy atom. The van der Waals surface area contributed by atoms with Crippen LogP contribution in [0.3, 0.4) is 0 Å². The Bertz CT molecular complexity index is 552. The summed E-state index contributed by atoms with van der Waals surface area (Å²) < 4.78 is 1.86.